The van der Waals surface area contributed by atoms with Gasteiger partial charge in [0.05, 0.1) is 24.5 Å². The Bertz CT molecular complexity index is 1480. The van der Waals surface area contributed by atoms with E-state index < -0.39 is 17.8 Å². The van der Waals surface area contributed by atoms with E-state index >= 15 is 0 Å². The van der Waals surface area contributed by atoms with Gasteiger partial charge < -0.3 is 25.3 Å². The summed E-state index contributed by atoms with van der Waals surface area (Å²) in [6.45, 7) is 2.07. The van der Waals surface area contributed by atoms with Gasteiger partial charge in [-0.05, 0) is 85.9 Å². The number of hydrogen-bond donors (Lipinski definition) is 2. The first-order valence-corrected chi connectivity index (χ1v) is 14.8. The lowest BCUT2D eigenvalue weighted by atomic mass is 9.96. The summed E-state index contributed by atoms with van der Waals surface area (Å²) in [5, 5.41) is 2.88. The van der Waals surface area contributed by atoms with Crippen LogP contribution in [0, 0.1) is 17.7 Å². The van der Waals surface area contributed by atoms with E-state index in [4.69, 9.17) is 19.9 Å². The molecule has 2 atom stereocenters. The highest BCUT2D eigenvalue weighted by Crippen LogP contribution is 2.32. The fraction of sp³-hybridized carbons (Fsp3) is 0.382. The lowest BCUT2D eigenvalue weighted by molar-refractivity contribution is -0.147. The number of pyridine rings is 1. The van der Waals surface area contributed by atoms with Gasteiger partial charge in [-0.2, -0.15) is 0 Å². The van der Waals surface area contributed by atoms with Gasteiger partial charge in [-0.1, -0.05) is 31.2 Å². The van der Waals surface area contributed by atoms with E-state index in [1.807, 2.05) is 19.1 Å². The maximum atomic E-state index is 14.2. The highest BCUT2D eigenvalue weighted by molar-refractivity contribution is 5.98. The van der Waals surface area contributed by atoms with Gasteiger partial charge in [0.15, 0.2) is 11.6 Å². The van der Waals surface area contributed by atoms with Gasteiger partial charge in [0.2, 0.25) is 0 Å². The Balaban J connectivity index is 1.34. The van der Waals surface area contributed by atoms with E-state index in [9.17, 15) is 14.0 Å². The number of aromatic nitrogens is 1. The van der Waals surface area contributed by atoms with Crippen LogP contribution in [0.3, 0.4) is 0 Å². The van der Waals surface area contributed by atoms with Crippen molar-refractivity contribution in [3.05, 3.63) is 89.4 Å². The summed E-state index contributed by atoms with van der Waals surface area (Å²) in [5.41, 5.74) is 9.05. The second kappa shape index (κ2) is 13.8. The van der Waals surface area contributed by atoms with Crippen LogP contribution in [0.15, 0.2) is 66.9 Å². The average molecular weight is 588 g/mol. The smallest absolute Gasteiger partial charge is 0.323 e. The molecule has 1 saturated carbocycles. The molecule has 0 bridgehead atoms. The van der Waals surface area contributed by atoms with Crippen LogP contribution in [0.1, 0.15) is 60.5 Å². The first-order chi connectivity index (χ1) is 20.8. The molecule has 1 amide bonds. The minimum atomic E-state index is -0.719. The fourth-order valence-corrected chi connectivity index (χ4v) is 5.34. The van der Waals surface area contributed by atoms with Crippen LogP contribution in [0.5, 0.6) is 11.5 Å². The zero-order chi connectivity index (χ0) is 30.3. The fourth-order valence-electron chi connectivity index (χ4n) is 5.34. The number of ether oxygens (including phenoxy) is 3. The quantitative estimate of drug-likeness (QED) is 0.194. The molecule has 9 heteroatoms. The molecule has 2 aromatic carbocycles. The van der Waals surface area contributed by atoms with Crippen molar-refractivity contribution < 1.29 is 28.2 Å². The number of nitrogens with two attached hydrogens (primary N) is 1. The Morgan fingerprint density at radius 3 is 2.58 bits per heavy atom. The molecule has 0 aliphatic heterocycles. The van der Waals surface area contributed by atoms with Crippen molar-refractivity contribution >= 4 is 11.9 Å². The maximum absolute atomic E-state index is 14.2. The molecule has 1 heterocycles. The van der Waals surface area contributed by atoms with Crippen molar-refractivity contribution in [2.24, 2.45) is 17.6 Å². The van der Waals surface area contributed by atoms with Crippen LogP contribution >= 0.6 is 0 Å². The van der Waals surface area contributed by atoms with Gasteiger partial charge in [0.25, 0.3) is 5.91 Å². The zero-order valence-electron chi connectivity index (χ0n) is 24.6. The van der Waals surface area contributed by atoms with Gasteiger partial charge in [-0.25, -0.2) is 4.39 Å². The van der Waals surface area contributed by atoms with Crippen LogP contribution in [-0.2, 0) is 22.7 Å². The molecule has 43 heavy (non-hydrogen) atoms. The zero-order valence-corrected chi connectivity index (χ0v) is 24.6. The van der Waals surface area contributed by atoms with Crippen molar-refractivity contribution in [3.63, 3.8) is 0 Å². The number of carbonyl (C=O) groups excluding carboxylic acids is 2. The van der Waals surface area contributed by atoms with Crippen LogP contribution in [0.4, 0.5) is 4.39 Å². The Morgan fingerprint density at radius 1 is 1.09 bits per heavy atom. The SMILES string of the molecule is COc1ccc(CNC(=O)c2cc(-c3ncccc3COC(=O)[C@@H](N)C(C)CC3C=C3)ccc2OC2CCCC2)cc1F. The second-order valence-corrected chi connectivity index (χ2v) is 11.3. The van der Waals surface area contributed by atoms with Gasteiger partial charge in [0.1, 0.15) is 18.4 Å². The van der Waals surface area contributed by atoms with Crippen molar-refractivity contribution in [2.75, 3.05) is 7.11 Å². The molecule has 2 aliphatic carbocycles. The molecule has 8 nitrogen and oxygen atoms in total. The molecule has 3 N–H and O–H groups in total. The monoisotopic (exact) mass is 587 g/mol. The third kappa shape index (κ3) is 7.78. The number of methoxy groups -OCH3 is 1. The standard InChI is InChI=1S/C34H38FN3O5/c1-21(16-22-9-10-22)31(36)34(40)42-20-25-6-5-15-37-32(25)24-12-14-29(43-26-7-3-4-8-26)27(18-24)33(39)38-19-23-11-13-30(41-2)28(35)17-23/h5-6,9-15,17-18,21-22,26,31H,3-4,7-8,16,19-20,36H2,1-2H3,(H,38,39)/t21?,31-/m0/s1. The van der Waals surface area contributed by atoms with E-state index in [-0.39, 0.29) is 36.8 Å². The molecule has 3 aromatic rings. The number of rotatable bonds is 13. The summed E-state index contributed by atoms with van der Waals surface area (Å²) >= 11 is 0. The van der Waals surface area contributed by atoms with Gasteiger partial charge in [0, 0.05) is 23.9 Å². The molecular weight excluding hydrogens is 549 g/mol. The lowest BCUT2D eigenvalue weighted by Gasteiger charge is -2.19. The van der Waals surface area contributed by atoms with Crippen LogP contribution in [-0.4, -0.2) is 36.1 Å². The number of benzene rings is 2. The normalized spacial score (nSPS) is 16.0. The Morgan fingerprint density at radius 2 is 1.86 bits per heavy atom. The third-order valence-electron chi connectivity index (χ3n) is 8.02. The molecule has 1 unspecified atom stereocenters. The minimum absolute atomic E-state index is 0.00497. The number of esters is 1. The summed E-state index contributed by atoms with van der Waals surface area (Å²) in [6.07, 6.45) is 10.7. The van der Waals surface area contributed by atoms with Crippen molar-refractivity contribution in [1.29, 1.82) is 0 Å². The number of hydrogen-bond acceptors (Lipinski definition) is 7. The Labute approximate surface area is 251 Å². The molecule has 0 spiro atoms. The molecule has 1 fully saturated rings. The number of carbonyl (C=O) groups is 2. The predicted octanol–water partition coefficient (Wildman–Crippen LogP) is 5.73. The summed E-state index contributed by atoms with van der Waals surface area (Å²) in [5.74, 6) is -0.299. The van der Waals surface area contributed by atoms with Crippen molar-refractivity contribution in [1.82, 2.24) is 10.3 Å². The molecule has 226 valence electrons. The van der Waals surface area contributed by atoms with E-state index in [1.54, 1.807) is 30.5 Å². The lowest BCUT2D eigenvalue weighted by Crippen LogP contribution is -2.38. The molecule has 2 aliphatic rings. The second-order valence-electron chi connectivity index (χ2n) is 11.3. The number of nitrogens with zero attached hydrogens (tertiary/aromatic N) is 1. The maximum Gasteiger partial charge on any atom is 0.323 e. The van der Waals surface area contributed by atoms with Crippen LogP contribution in [0.2, 0.25) is 0 Å². The minimum Gasteiger partial charge on any atom is -0.494 e. The number of amides is 1. The van der Waals surface area contributed by atoms with E-state index in [0.717, 1.165) is 32.1 Å². The third-order valence-corrected chi connectivity index (χ3v) is 8.02. The summed E-state index contributed by atoms with van der Waals surface area (Å²) in [4.78, 5) is 30.8. The Hall–Kier alpha value is -4.24. The number of allylic oxidation sites excluding steroid dienone is 2. The molecule has 0 saturated heterocycles. The van der Waals surface area contributed by atoms with E-state index in [1.165, 1.54) is 19.2 Å². The van der Waals surface area contributed by atoms with Crippen LogP contribution < -0.4 is 20.5 Å². The molecular formula is C34H38FN3O5. The summed E-state index contributed by atoms with van der Waals surface area (Å²) in [7, 11) is 1.40. The summed E-state index contributed by atoms with van der Waals surface area (Å²) < 4.78 is 31.1. The van der Waals surface area contributed by atoms with Gasteiger partial charge >= 0.3 is 5.97 Å². The van der Waals surface area contributed by atoms with E-state index in [2.05, 4.69) is 22.5 Å². The molecule has 5 rings (SSSR count). The highest BCUT2D eigenvalue weighted by Gasteiger charge is 2.27. The molecule has 1 aromatic heterocycles. The predicted molar refractivity (Wildman–Crippen MR) is 161 cm³/mol. The highest BCUT2D eigenvalue weighted by atomic mass is 19.1. The largest absolute Gasteiger partial charge is 0.494 e. The van der Waals surface area contributed by atoms with E-state index in [0.29, 0.717) is 39.6 Å². The first-order valence-electron chi connectivity index (χ1n) is 14.8. The molecule has 0 radical (unpaired) electrons. The first kappa shape index (κ1) is 30.2. The Kier molecular flexibility index (Phi) is 9.72. The number of nitrogens with one attached hydrogen (secondary N) is 1. The average Bonchev–Trinajstić information content (AvgIpc) is 3.69. The summed E-state index contributed by atoms with van der Waals surface area (Å²) in [6, 6.07) is 12.8. The van der Waals surface area contributed by atoms with Crippen LogP contribution in [0.25, 0.3) is 11.3 Å². The van der Waals surface area contributed by atoms with Crippen molar-refractivity contribution in [3.8, 4) is 22.8 Å². The van der Waals surface area contributed by atoms with Gasteiger partial charge in [-0.15, -0.1) is 0 Å². The van der Waals surface area contributed by atoms with Crippen molar-refractivity contribution in [2.45, 2.75) is 64.3 Å². The van der Waals surface area contributed by atoms with Gasteiger partial charge in [-0.3, -0.25) is 14.6 Å². The number of halogens is 1. The topological polar surface area (TPSA) is 113 Å².